The minimum atomic E-state index is -0.539. The number of amides is 1. The summed E-state index contributed by atoms with van der Waals surface area (Å²) in [6.45, 7) is 6.71. The van der Waals surface area contributed by atoms with Crippen LogP contribution in [0.1, 0.15) is 59.8 Å². The van der Waals surface area contributed by atoms with E-state index >= 15 is 0 Å². The normalized spacial score (nSPS) is 16.2. The molecular formula is C26H23NO4. The van der Waals surface area contributed by atoms with Crippen LogP contribution < -0.4 is 5.43 Å². The van der Waals surface area contributed by atoms with Gasteiger partial charge >= 0.3 is 0 Å². The maximum Gasteiger partial charge on any atom is 0.291 e. The monoisotopic (exact) mass is 413 g/mol. The van der Waals surface area contributed by atoms with Crippen molar-refractivity contribution in [2.45, 2.75) is 38.8 Å². The summed E-state index contributed by atoms with van der Waals surface area (Å²) in [5, 5.41) is 0.477. The van der Waals surface area contributed by atoms with Crippen LogP contribution in [0.25, 0.3) is 11.0 Å². The van der Waals surface area contributed by atoms with Gasteiger partial charge in [0.25, 0.3) is 5.91 Å². The van der Waals surface area contributed by atoms with E-state index < -0.39 is 6.04 Å². The number of benzene rings is 2. The average Bonchev–Trinajstić information content (AvgIpc) is 3.36. The molecule has 31 heavy (non-hydrogen) atoms. The number of rotatable bonds is 3. The molecule has 1 amide bonds. The smallest absolute Gasteiger partial charge is 0.291 e. The van der Waals surface area contributed by atoms with E-state index in [9.17, 15) is 9.59 Å². The van der Waals surface area contributed by atoms with Crippen molar-refractivity contribution in [1.82, 2.24) is 4.90 Å². The Labute approximate surface area is 179 Å². The van der Waals surface area contributed by atoms with Crippen LogP contribution in [0.4, 0.5) is 0 Å². The number of furan rings is 1. The minimum absolute atomic E-state index is 0.00498. The van der Waals surface area contributed by atoms with Crippen molar-refractivity contribution in [3.63, 3.8) is 0 Å². The molecule has 5 heteroatoms. The van der Waals surface area contributed by atoms with E-state index in [1.807, 2.05) is 18.2 Å². The van der Waals surface area contributed by atoms with E-state index in [1.54, 1.807) is 41.5 Å². The second kappa shape index (κ2) is 6.98. The minimum Gasteiger partial charge on any atom is -0.467 e. The number of nitrogens with zero attached hydrogens (tertiary/aromatic N) is 1. The molecule has 5 rings (SSSR count). The van der Waals surface area contributed by atoms with Crippen molar-refractivity contribution in [2.75, 3.05) is 0 Å². The summed E-state index contributed by atoms with van der Waals surface area (Å²) in [7, 11) is 0. The number of carbonyl (C=O) groups is 1. The van der Waals surface area contributed by atoms with E-state index in [1.165, 1.54) is 5.56 Å². The van der Waals surface area contributed by atoms with Gasteiger partial charge in [0, 0.05) is 0 Å². The molecule has 0 saturated carbocycles. The molecule has 2 aromatic heterocycles. The summed E-state index contributed by atoms with van der Waals surface area (Å²) < 4.78 is 11.5. The third kappa shape index (κ3) is 3.17. The molecule has 5 nitrogen and oxygen atoms in total. The Bertz CT molecular complexity index is 1320. The molecule has 4 aromatic rings. The number of para-hydroxylation sites is 1. The average molecular weight is 413 g/mol. The molecular weight excluding hydrogens is 390 g/mol. The zero-order chi connectivity index (χ0) is 21.8. The van der Waals surface area contributed by atoms with Gasteiger partial charge in [-0.1, -0.05) is 57.2 Å². The maximum absolute atomic E-state index is 13.5. The molecule has 1 aliphatic heterocycles. The van der Waals surface area contributed by atoms with Crippen molar-refractivity contribution in [1.29, 1.82) is 0 Å². The summed E-state index contributed by atoms with van der Waals surface area (Å²) >= 11 is 0. The predicted octanol–water partition coefficient (Wildman–Crippen LogP) is 5.43. The second-order valence-corrected chi connectivity index (χ2v) is 8.96. The van der Waals surface area contributed by atoms with E-state index in [0.717, 1.165) is 5.56 Å². The van der Waals surface area contributed by atoms with Crippen LogP contribution in [0.5, 0.6) is 0 Å². The third-order valence-electron chi connectivity index (χ3n) is 5.87. The quantitative estimate of drug-likeness (QED) is 0.449. The zero-order valence-electron chi connectivity index (χ0n) is 17.7. The Morgan fingerprint density at radius 1 is 0.935 bits per heavy atom. The third-order valence-corrected chi connectivity index (χ3v) is 5.87. The Morgan fingerprint density at radius 2 is 1.68 bits per heavy atom. The molecule has 3 heterocycles. The fourth-order valence-corrected chi connectivity index (χ4v) is 4.21. The predicted molar refractivity (Wildman–Crippen MR) is 118 cm³/mol. The molecule has 0 bridgehead atoms. The van der Waals surface area contributed by atoms with Crippen LogP contribution in [-0.2, 0) is 12.0 Å². The zero-order valence-corrected chi connectivity index (χ0v) is 17.7. The molecule has 0 fully saturated rings. The summed E-state index contributed by atoms with van der Waals surface area (Å²) in [5.41, 5.74) is 2.70. The van der Waals surface area contributed by atoms with Crippen LogP contribution in [0, 0.1) is 0 Å². The molecule has 0 saturated heterocycles. The molecule has 0 spiro atoms. The van der Waals surface area contributed by atoms with Gasteiger partial charge in [-0.2, -0.15) is 0 Å². The highest BCUT2D eigenvalue weighted by Gasteiger charge is 2.43. The van der Waals surface area contributed by atoms with Crippen molar-refractivity contribution < 1.29 is 13.6 Å². The van der Waals surface area contributed by atoms with E-state index in [4.69, 9.17) is 8.83 Å². The van der Waals surface area contributed by atoms with Gasteiger partial charge in [0.15, 0.2) is 5.43 Å². The Kier molecular flexibility index (Phi) is 4.36. The van der Waals surface area contributed by atoms with Gasteiger partial charge in [-0.15, -0.1) is 0 Å². The molecule has 2 aromatic carbocycles. The largest absolute Gasteiger partial charge is 0.467 e. The van der Waals surface area contributed by atoms with Gasteiger partial charge in [-0.05, 0) is 40.8 Å². The fourth-order valence-electron chi connectivity index (χ4n) is 4.21. The number of hydrogen-bond donors (Lipinski definition) is 0. The van der Waals surface area contributed by atoms with Crippen LogP contribution in [0.2, 0.25) is 0 Å². The molecule has 0 radical (unpaired) electrons. The lowest BCUT2D eigenvalue weighted by Crippen LogP contribution is -2.29. The van der Waals surface area contributed by atoms with Crippen molar-refractivity contribution >= 4 is 16.9 Å². The van der Waals surface area contributed by atoms with E-state index in [2.05, 4.69) is 32.9 Å². The van der Waals surface area contributed by atoms with Crippen LogP contribution >= 0.6 is 0 Å². The standard InChI is InChI=1S/C26H23NO4/c1-26(2,3)17-12-10-16(11-13-17)22-21-23(28)19-8-4-5-9-20(19)31-24(21)25(29)27(22)15-18-7-6-14-30-18/h4-14,22H,15H2,1-3H3. The van der Waals surface area contributed by atoms with Crippen molar-refractivity contribution in [2.24, 2.45) is 0 Å². The number of fused-ring (bicyclic) bond motifs is 2. The molecule has 1 atom stereocenters. The Balaban J connectivity index is 1.70. The van der Waals surface area contributed by atoms with Crippen molar-refractivity contribution in [3.05, 3.63) is 105 Å². The topological polar surface area (TPSA) is 63.7 Å². The highest BCUT2D eigenvalue weighted by Crippen LogP contribution is 2.39. The molecule has 1 unspecified atom stereocenters. The SMILES string of the molecule is CC(C)(C)c1ccc(C2c3c(oc4ccccc4c3=O)C(=O)N2Cc2ccco2)cc1. The van der Waals surface area contributed by atoms with Gasteiger partial charge in [0.2, 0.25) is 5.76 Å². The maximum atomic E-state index is 13.5. The first kappa shape index (κ1) is 19.4. The van der Waals surface area contributed by atoms with E-state index in [-0.39, 0.29) is 29.1 Å². The lowest BCUT2D eigenvalue weighted by atomic mass is 9.86. The first-order valence-corrected chi connectivity index (χ1v) is 10.3. The summed E-state index contributed by atoms with van der Waals surface area (Å²) in [4.78, 5) is 28.5. The highest BCUT2D eigenvalue weighted by molar-refractivity contribution is 5.99. The van der Waals surface area contributed by atoms with Crippen LogP contribution in [0.15, 0.2) is 80.6 Å². The summed E-state index contributed by atoms with van der Waals surface area (Å²) in [5.74, 6) is 0.453. The molecule has 1 aliphatic rings. The highest BCUT2D eigenvalue weighted by atomic mass is 16.3. The second-order valence-electron chi connectivity index (χ2n) is 8.96. The molecule has 156 valence electrons. The number of carbonyl (C=O) groups excluding carboxylic acids is 1. The van der Waals surface area contributed by atoms with Gasteiger partial charge in [-0.3, -0.25) is 9.59 Å². The Hall–Kier alpha value is -3.60. The lowest BCUT2D eigenvalue weighted by Gasteiger charge is -2.25. The molecule has 0 aliphatic carbocycles. The Morgan fingerprint density at radius 3 is 2.35 bits per heavy atom. The summed E-state index contributed by atoms with van der Waals surface area (Å²) in [6, 6.07) is 18.2. The lowest BCUT2D eigenvalue weighted by molar-refractivity contribution is 0.0701. The summed E-state index contributed by atoms with van der Waals surface area (Å²) in [6.07, 6.45) is 1.58. The molecule has 0 N–H and O–H groups in total. The van der Waals surface area contributed by atoms with Crippen LogP contribution in [0.3, 0.4) is 0 Å². The van der Waals surface area contributed by atoms with Gasteiger partial charge in [0.1, 0.15) is 11.3 Å². The first-order chi connectivity index (χ1) is 14.8. The first-order valence-electron chi connectivity index (χ1n) is 10.3. The van der Waals surface area contributed by atoms with Crippen molar-refractivity contribution in [3.8, 4) is 0 Å². The fraction of sp³-hybridized carbons (Fsp3) is 0.231. The van der Waals surface area contributed by atoms with Gasteiger partial charge in [0.05, 0.1) is 29.8 Å². The van der Waals surface area contributed by atoms with Gasteiger partial charge in [-0.25, -0.2) is 0 Å². The van der Waals surface area contributed by atoms with Crippen LogP contribution in [-0.4, -0.2) is 10.8 Å². The number of hydrogen-bond acceptors (Lipinski definition) is 4. The van der Waals surface area contributed by atoms with E-state index in [0.29, 0.717) is 22.3 Å². The van der Waals surface area contributed by atoms with Gasteiger partial charge < -0.3 is 13.7 Å².